The van der Waals surface area contributed by atoms with Gasteiger partial charge in [0.05, 0.1) is 10.6 Å². The molecule has 1 N–H and O–H groups in total. The Bertz CT molecular complexity index is 600. The number of hydrogen-bond acceptors (Lipinski definition) is 3. The van der Waals surface area contributed by atoms with Crippen molar-refractivity contribution in [1.29, 1.82) is 0 Å². The minimum Gasteiger partial charge on any atom is -0.346 e. The Morgan fingerprint density at radius 3 is 3.00 bits per heavy atom. The number of nitrogens with zero attached hydrogens (tertiary/aromatic N) is 2. The summed E-state index contributed by atoms with van der Waals surface area (Å²) >= 11 is 1.53. The minimum absolute atomic E-state index is 0.533. The molecule has 0 aliphatic heterocycles. The summed E-state index contributed by atoms with van der Waals surface area (Å²) in [7, 11) is 0. The molecule has 0 saturated carbocycles. The van der Waals surface area contributed by atoms with Crippen LogP contribution in [0.15, 0.2) is 29.8 Å². The van der Waals surface area contributed by atoms with E-state index in [9.17, 15) is 4.39 Å². The molecule has 0 fully saturated rings. The summed E-state index contributed by atoms with van der Waals surface area (Å²) < 4.78 is 13.1. The number of thiophene rings is 1. The second-order valence-electron chi connectivity index (χ2n) is 3.06. The third kappa shape index (κ3) is 1.32. The number of H-pyrrole nitrogens is 1. The number of aromatic amines is 1. The molecule has 3 nitrogen and oxygen atoms in total. The van der Waals surface area contributed by atoms with Crippen LogP contribution in [0.3, 0.4) is 0 Å². The quantitative estimate of drug-likeness (QED) is 0.639. The van der Waals surface area contributed by atoms with Crippen molar-refractivity contribution in [3.05, 3.63) is 35.9 Å². The summed E-state index contributed by atoms with van der Waals surface area (Å²) in [6, 6.07) is 5.68. The average molecular weight is 219 g/mol. The largest absolute Gasteiger partial charge is 0.346 e. The fourth-order valence-electron chi connectivity index (χ4n) is 1.52. The number of rotatable bonds is 1. The van der Waals surface area contributed by atoms with E-state index in [-0.39, 0.29) is 0 Å². The molecule has 74 valence electrons. The third-order valence-electron chi connectivity index (χ3n) is 2.14. The summed E-state index contributed by atoms with van der Waals surface area (Å²) in [6.07, 6.45) is 1.03. The van der Waals surface area contributed by atoms with Crippen molar-refractivity contribution in [1.82, 2.24) is 15.0 Å². The third-order valence-corrected chi connectivity index (χ3v) is 3.02. The molecule has 0 unspecified atom stereocenters. The molecule has 0 aliphatic rings. The first-order valence-corrected chi connectivity index (χ1v) is 5.27. The van der Waals surface area contributed by atoms with Crippen LogP contribution >= 0.6 is 11.3 Å². The smallest absolute Gasteiger partial charge is 0.311 e. The van der Waals surface area contributed by atoms with E-state index in [1.807, 2.05) is 23.6 Å². The second-order valence-corrected chi connectivity index (χ2v) is 4.01. The highest BCUT2D eigenvalue weighted by Gasteiger charge is 2.10. The van der Waals surface area contributed by atoms with E-state index >= 15 is 0 Å². The van der Waals surface area contributed by atoms with Crippen molar-refractivity contribution in [3.63, 3.8) is 0 Å². The van der Waals surface area contributed by atoms with Gasteiger partial charge < -0.3 is 4.98 Å². The van der Waals surface area contributed by atoms with E-state index in [0.29, 0.717) is 11.3 Å². The predicted octanol–water partition coefficient (Wildman–Crippen LogP) is 2.83. The molecule has 0 saturated heterocycles. The van der Waals surface area contributed by atoms with Gasteiger partial charge in [0.1, 0.15) is 5.65 Å². The zero-order chi connectivity index (χ0) is 10.3. The van der Waals surface area contributed by atoms with Crippen molar-refractivity contribution in [2.75, 3.05) is 0 Å². The monoisotopic (exact) mass is 219 g/mol. The van der Waals surface area contributed by atoms with Gasteiger partial charge in [-0.1, -0.05) is 6.07 Å². The molecule has 0 bridgehead atoms. The molecule has 5 heteroatoms. The maximum Gasteiger partial charge on any atom is 0.311 e. The van der Waals surface area contributed by atoms with Gasteiger partial charge in [0.25, 0.3) is 0 Å². The number of fused-ring (bicyclic) bond motifs is 1. The van der Waals surface area contributed by atoms with Crippen molar-refractivity contribution >= 4 is 22.4 Å². The zero-order valence-electron chi connectivity index (χ0n) is 7.57. The lowest BCUT2D eigenvalue weighted by Crippen LogP contribution is -1.92. The van der Waals surface area contributed by atoms with E-state index in [0.717, 1.165) is 10.3 Å². The Balaban J connectivity index is 2.38. The lowest BCUT2D eigenvalue weighted by atomic mass is 10.2. The van der Waals surface area contributed by atoms with E-state index in [4.69, 9.17) is 0 Å². The summed E-state index contributed by atoms with van der Waals surface area (Å²) in [4.78, 5) is 11.3. The highest BCUT2D eigenvalue weighted by molar-refractivity contribution is 7.13. The van der Waals surface area contributed by atoms with Gasteiger partial charge in [0, 0.05) is 11.6 Å². The van der Waals surface area contributed by atoms with Crippen LogP contribution in [0.4, 0.5) is 4.39 Å². The Hall–Kier alpha value is -1.75. The first-order chi connectivity index (χ1) is 7.34. The maximum atomic E-state index is 13.1. The van der Waals surface area contributed by atoms with Crippen LogP contribution in [-0.2, 0) is 0 Å². The maximum absolute atomic E-state index is 13.1. The summed E-state index contributed by atoms with van der Waals surface area (Å²) in [5.74, 6) is 0. The molecule has 3 aromatic rings. The first-order valence-electron chi connectivity index (χ1n) is 4.39. The molecule has 0 aromatic carbocycles. The normalized spacial score (nSPS) is 11.0. The Labute approximate surface area is 88.6 Å². The van der Waals surface area contributed by atoms with Crippen molar-refractivity contribution in [3.8, 4) is 10.6 Å². The van der Waals surface area contributed by atoms with E-state index < -0.39 is 6.08 Å². The van der Waals surface area contributed by atoms with Gasteiger partial charge in [-0.05, 0) is 17.5 Å². The number of nitrogens with one attached hydrogen (secondary N) is 1. The van der Waals surface area contributed by atoms with E-state index in [1.54, 1.807) is 6.20 Å². The van der Waals surface area contributed by atoms with Crippen molar-refractivity contribution in [2.24, 2.45) is 0 Å². The fourth-order valence-corrected chi connectivity index (χ4v) is 2.24. The van der Waals surface area contributed by atoms with Crippen LogP contribution in [0, 0.1) is 6.08 Å². The number of halogens is 1. The molecule has 3 rings (SSSR count). The zero-order valence-corrected chi connectivity index (χ0v) is 8.38. The standard InChI is InChI=1S/C10H6FN3S/c11-10-13-8(7-2-1-5-15-7)6-3-4-12-9(6)14-10/h1-5H,(H,12,13,14). The predicted molar refractivity (Wildman–Crippen MR) is 57.2 cm³/mol. The minimum atomic E-state index is -0.701. The highest BCUT2D eigenvalue weighted by atomic mass is 32.1. The fraction of sp³-hybridized carbons (Fsp3) is 0. The van der Waals surface area contributed by atoms with Crippen LogP contribution < -0.4 is 0 Å². The van der Waals surface area contributed by atoms with Crippen LogP contribution in [0.25, 0.3) is 21.6 Å². The molecular formula is C10H6FN3S. The molecule has 0 amide bonds. The van der Waals surface area contributed by atoms with Crippen molar-refractivity contribution in [2.45, 2.75) is 0 Å². The van der Waals surface area contributed by atoms with Gasteiger partial charge in [0.15, 0.2) is 0 Å². The SMILES string of the molecule is Fc1nc(-c2cccs2)c2cc[nH]c2n1. The van der Waals surface area contributed by atoms with E-state index in [1.165, 1.54) is 11.3 Å². The van der Waals surface area contributed by atoms with Crippen molar-refractivity contribution < 1.29 is 4.39 Å². The summed E-state index contributed by atoms with van der Waals surface area (Å²) in [5, 5.41) is 2.78. The summed E-state index contributed by atoms with van der Waals surface area (Å²) in [5.41, 5.74) is 1.18. The number of hydrogen-bond donors (Lipinski definition) is 1. The van der Waals surface area contributed by atoms with Crippen LogP contribution in [-0.4, -0.2) is 15.0 Å². The second kappa shape index (κ2) is 3.13. The molecule has 0 radical (unpaired) electrons. The van der Waals surface area contributed by atoms with Gasteiger partial charge in [0.2, 0.25) is 0 Å². The van der Waals surface area contributed by atoms with Crippen LogP contribution in [0.5, 0.6) is 0 Å². The molecule has 15 heavy (non-hydrogen) atoms. The van der Waals surface area contributed by atoms with Gasteiger partial charge in [-0.15, -0.1) is 11.3 Å². The van der Waals surface area contributed by atoms with Gasteiger partial charge in [-0.25, -0.2) is 4.98 Å². The van der Waals surface area contributed by atoms with Crippen LogP contribution in [0.1, 0.15) is 0 Å². The van der Waals surface area contributed by atoms with Crippen LogP contribution in [0.2, 0.25) is 0 Å². The number of aromatic nitrogens is 3. The molecule has 0 aliphatic carbocycles. The average Bonchev–Trinajstić information content (AvgIpc) is 2.86. The van der Waals surface area contributed by atoms with E-state index in [2.05, 4.69) is 15.0 Å². The lowest BCUT2D eigenvalue weighted by molar-refractivity contribution is 0.545. The Kier molecular flexibility index (Phi) is 1.78. The molecular weight excluding hydrogens is 213 g/mol. The van der Waals surface area contributed by atoms with Gasteiger partial charge >= 0.3 is 6.08 Å². The Morgan fingerprint density at radius 2 is 2.20 bits per heavy atom. The first kappa shape index (κ1) is 8.55. The molecule has 3 heterocycles. The lowest BCUT2D eigenvalue weighted by Gasteiger charge is -1.98. The Morgan fingerprint density at radius 1 is 1.27 bits per heavy atom. The molecule has 3 aromatic heterocycles. The molecule has 0 spiro atoms. The molecule has 0 atom stereocenters. The van der Waals surface area contributed by atoms with Gasteiger partial charge in [-0.3, -0.25) is 0 Å². The highest BCUT2D eigenvalue weighted by Crippen LogP contribution is 2.28. The topological polar surface area (TPSA) is 41.6 Å². The summed E-state index contributed by atoms with van der Waals surface area (Å²) in [6.45, 7) is 0. The van der Waals surface area contributed by atoms with Gasteiger partial charge in [-0.2, -0.15) is 9.37 Å².